The maximum atomic E-state index is 4.14. The minimum atomic E-state index is 0.174. The van der Waals surface area contributed by atoms with Crippen LogP contribution in [-0.4, -0.2) is 12.4 Å². The molecule has 0 aromatic heterocycles. The lowest BCUT2D eigenvalue weighted by molar-refractivity contribution is 0.590. The van der Waals surface area contributed by atoms with E-state index in [9.17, 15) is 0 Å². The Morgan fingerprint density at radius 1 is 0.542 bits per heavy atom. The van der Waals surface area contributed by atoms with E-state index in [2.05, 4.69) is 100 Å². The maximum absolute atomic E-state index is 4.14. The molecule has 2 aromatic rings. The lowest BCUT2D eigenvalue weighted by Crippen LogP contribution is -2.10. The second-order valence-corrected chi connectivity index (χ2v) is 8.23. The van der Waals surface area contributed by atoms with Crippen molar-refractivity contribution in [3.05, 3.63) is 70.8 Å². The SMILES string of the molecule is CC(C)(C)c1ccc(/C=N\N=C/c2ccc(C(C)(C)C)cc2)cc1. The second kappa shape index (κ2) is 7.12. The molecule has 0 atom stereocenters. The van der Waals surface area contributed by atoms with E-state index in [0.29, 0.717) is 0 Å². The minimum Gasteiger partial charge on any atom is -0.159 e. The zero-order chi connectivity index (χ0) is 17.8. The molecular formula is C22H28N2. The van der Waals surface area contributed by atoms with E-state index in [1.807, 2.05) is 0 Å². The standard InChI is InChI=1S/C22H28N2/c1-21(2,3)19-11-7-17(8-12-19)15-23-24-16-18-9-13-20(14-10-18)22(4,5)6/h7-16H,1-6H3/b23-15-,24-16-. The van der Waals surface area contributed by atoms with Gasteiger partial charge in [0.2, 0.25) is 0 Å². The summed E-state index contributed by atoms with van der Waals surface area (Å²) in [6.45, 7) is 13.3. The minimum absolute atomic E-state index is 0.174. The average Bonchev–Trinajstić information content (AvgIpc) is 2.51. The van der Waals surface area contributed by atoms with Gasteiger partial charge >= 0.3 is 0 Å². The fourth-order valence-electron chi connectivity index (χ4n) is 2.34. The molecule has 0 aliphatic carbocycles. The van der Waals surface area contributed by atoms with Crippen molar-refractivity contribution in [3.63, 3.8) is 0 Å². The van der Waals surface area contributed by atoms with Gasteiger partial charge in [-0.05, 0) is 33.1 Å². The third-order valence-electron chi connectivity index (χ3n) is 4.03. The van der Waals surface area contributed by atoms with Crippen LogP contribution in [0.25, 0.3) is 0 Å². The van der Waals surface area contributed by atoms with E-state index < -0.39 is 0 Å². The molecule has 0 radical (unpaired) electrons. The summed E-state index contributed by atoms with van der Waals surface area (Å²) in [5, 5.41) is 8.29. The van der Waals surface area contributed by atoms with E-state index in [1.54, 1.807) is 12.4 Å². The number of benzene rings is 2. The number of hydrogen-bond acceptors (Lipinski definition) is 2. The number of hydrogen-bond donors (Lipinski definition) is 0. The molecule has 0 saturated heterocycles. The summed E-state index contributed by atoms with van der Waals surface area (Å²) in [6.07, 6.45) is 3.57. The van der Waals surface area contributed by atoms with E-state index in [1.165, 1.54) is 11.1 Å². The first-order chi connectivity index (χ1) is 11.2. The highest BCUT2D eigenvalue weighted by Gasteiger charge is 2.13. The molecule has 0 aliphatic heterocycles. The van der Waals surface area contributed by atoms with E-state index in [4.69, 9.17) is 0 Å². The van der Waals surface area contributed by atoms with Gasteiger partial charge in [0.25, 0.3) is 0 Å². The maximum Gasteiger partial charge on any atom is 0.0568 e. The summed E-state index contributed by atoms with van der Waals surface area (Å²) in [5.74, 6) is 0. The molecule has 24 heavy (non-hydrogen) atoms. The first kappa shape index (κ1) is 18.1. The van der Waals surface area contributed by atoms with Gasteiger partial charge in [-0.2, -0.15) is 10.2 Å². The molecule has 2 nitrogen and oxygen atoms in total. The van der Waals surface area contributed by atoms with Crippen molar-refractivity contribution in [2.75, 3.05) is 0 Å². The fraction of sp³-hybridized carbons (Fsp3) is 0.364. The summed E-state index contributed by atoms with van der Waals surface area (Å²) in [6, 6.07) is 16.9. The van der Waals surface area contributed by atoms with E-state index >= 15 is 0 Å². The summed E-state index contributed by atoms with van der Waals surface area (Å²) in [7, 11) is 0. The lowest BCUT2D eigenvalue weighted by atomic mass is 9.87. The Hall–Kier alpha value is -2.22. The van der Waals surface area contributed by atoms with Gasteiger partial charge in [-0.3, -0.25) is 0 Å². The third-order valence-corrected chi connectivity index (χ3v) is 4.03. The molecular weight excluding hydrogens is 292 g/mol. The van der Waals surface area contributed by atoms with Crippen LogP contribution in [0.5, 0.6) is 0 Å². The van der Waals surface area contributed by atoms with Crippen molar-refractivity contribution in [1.82, 2.24) is 0 Å². The van der Waals surface area contributed by atoms with Gasteiger partial charge in [-0.25, -0.2) is 0 Å². The Balaban J connectivity index is 1.99. The molecule has 0 aliphatic rings. The first-order valence-corrected chi connectivity index (χ1v) is 8.44. The van der Waals surface area contributed by atoms with Crippen molar-refractivity contribution in [2.24, 2.45) is 10.2 Å². The summed E-state index contributed by atoms with van der Waals surface area (Å²) in [5.41, 5.74) is 5.11. The molecule has 0 unspecified atom stereocenters. The smallest absolute Gasteiger partial charge is 0.0568 e. The van der Waals surface area contributed by atoms with Gasteiger partial charge in [0.15, 0.2) is 0 Å². The van der Waals surface area contributed by atoms with E-state index in [-0.39, 0.29) is 10.8 Å². The van der Waals surface area contributed by atoms with Crippen molar-refractivity contribution in [1.29, 1.82) is 0 Å². The third kappa shape index (κ3) is 5.16. The highest BCUT2D eigenvalue weighted by molar-refractivity contribution is 5.82. The van der Waals surface area contributed by atoms with Crippen LogP contribution in [0.3, 0.4) is 0 Å². The predicted octanol–water partition coefficient (Wildman–Crippen LogP) is 5.73. The molecule has 0 spiro atoms. The first-order valence-electron chi connectivity index (χ1n) is 8.44. The quantitative estimate of drug-likeness (QED) is 0.509. The van der Waals surface area contributed by atoms with Crippen LogP contribution in [-0.2, 0) is 10.8 Å². The van der Waals surface area contributed by atoms with Gasteiger partial charge in [0.1, 0.15) is 0 Å². The van der Waals surface area contributed by atoms with Crippen LogP contribution in [0.1, 0.15) is 63.8 Å². The average molecular weight is 320 g/mol. The van der Waals surface area contributed by atoms with E-state index in [0.717, 1.165) is 11.1 Å². The van der Waals surface area contributed by atoms with Gasteiger partial charge in [0, 0.05) is 0 Å². The fourth-order valence-corrected chi connectivity index (χ4v) is 2.34. The predicted molar refractivity (Wildman–Crippen MR) is 105 cm³/mol. The normalized spacial score (nSPS) is 13.1. The molecule has 0 saturated carbocycles. The van der Waals surface area contributed by atoms with Crippen LogP contribution in [0.15, 0.2) is 58.7 Å². The number of nitrogens with zero attached hydrogens (tertiary/aromatic N) is 2. The Kier molecular flexibility index (Phi) is 5.38. The largest absolute Gasteiger partial charge is 0.159 e. The monoisotopic (exact) mass is 320 g/mol. The zero-order valence-corrected chi connectivity index (χ0v) is 15.7. The highest BCUT2D eigenvalue weighted by atomic mass is 15.2. The van der Waals surface area contributed by atoms with Gasteiger partial charge in [-0.15, -0.1) is 0 Å². The molecule has 0 amide bonds. The Morgan fingerprint density at radius 2 is 0.833 bits per heavy atom. The summed E-state index contributed by atoms with van der Waals surface area (Å²) < 4.78 is 0. The van der Waals surface area contributed by atoms with Crippen LogP contribution in [0.4, 0.5) is 0 Å². The van der Waals surface area contributed by atoms with Gasteiger partial charge in [0.05, 0.1) is 12.4 Å². The molecule has 0 N–H and O–H groups in total. The van der Waals surface area contributed by atoms with Crippen molar-refractivity contribution >= 4 is 12.4 Å². The Morgan fingerprint density at radius 3 is 1.08 bits per heavy atom. The Labute approximate surface area is 146 Å². The zero-order valence-electron chi connectivity index (χ0n) is 15.7. The lowest BCUT2D eigenvalue weighted by Gasteiger charge is -2.18. The van der Waals surface area contributed by atoms with Crippen LogP contribution in [0, 0.1) is 0 Å². The Bertz CT molecular complexity index is 641. The molecule has 2 heteroatoms. The van der Waals surface area contributed by atoms with Crippen LogP contribution >= 0.6 is 0 Å². The van der Waals surface area contributed by atoms with Crippen molar-refractivity contribution in [3.8, 4) is 0 Å². The van der Waals surface area contributed by atoms with Gasteiger partial charge < -0.3 is 0 Å². The molecule has 2 rings (SSSR count). The summed E-state index contributed by atoms with van der Waals surface area (Å²) >= 11 is 0. The molecule has 0 heterocycles. The molecule has 2 aromatic carbocycles. The van der Waals surface area contributed by atoms with Crippen molar-refractivity contribution in [2.45, 2.75) is 52.4 Å². The molecule has 0 fully saturated rings. The van der Waals surface area contributed by atoms with Crippen molar-refractivity contribution < 1.29 is 0 Å². The highest BCUT2D eigenvalue weighted by Crippen LogP contribution is 2.22. The van der Waals surface area contributed by atoms with Crippen LogP contribution < -0.4 is 0 Å². The number of rotatable bonds is 3. The van der Waals surface area contributed by atoms with Crippen LogP contribution in [0.2, 0.25) is 0 Å². The topological polar surface area (TPSA) is 24.7 Å². The second-order valence-electron chi connectivity index (χ2n) is 8.23. The van der Waals surface area contributed by atoms with Gasteiger partial charge in [-0.1, -0.05) is 90.1 Å². The molecule has 0 bridgehead atoms. The molecule has 126 valence electrons. The summed E-state index contributed by atoms with van der Waals surface area (Å²) in [4.78, 5) is 0.